The fourth-order valence-electron chi connectivity index (χ4n) is 3.18. The number of amides is 2. The molecule has 37 heavy (non-hydrogen) atoms. The molecule has 0 bridgehead atoms. The number of nitrogens with one attached hydrogen (secondary N) is 3. The van der Waals surface area contributed by atoms with Gasteiger partial charge in [0.15, 0.2) is 0 Å². The SMILES string of the molecule is CC(NC(=O)OC(C)(C)C)C(=O)NCCCC(NS(=O)(=O)c1ccc(-c2ccc(Cl)cc2)cc1)C(=O)O. The van der Waals surface area contributed by atoms with Gasteiger partial charge in [0.2, 0.25) is 15.9 Å². The lowest BCUT2D eigenvalue weighted by molar-refractivity contribution is -0.139. The number of carboxylic acids is 1. The van der Waals surface area contributed by atoms with Crippen molar-refractivity contribution in [2.24, 2.45) is 0 Å². The first-order valence-corrected chi connectivity index (χ1v) is 13.4. The molecule has 202 valence electrons. The number of carboxylic acid groups (broad SMARTS) is 1. The van der Waals surface area contributed by atoms with Gasteiger partial charge in [-0.2, -0.15) is 4.72 Å². The summed E-state index contributed by atoms with van der Waals surface area (Å²) in [6, 6.07) is 10.8. The standard InChI is InChI=1S/C25H32ClN3O7S/c1-16(28-24(33)36-25(2,3)4)22(30)27-15-5-6-21(23(31)32)29-37(34,35)20-13-9-18(10-14-20)17-7-11-19(26)12-8-17/h7-14,16,21,29H,5-6,15H2,1-4H3,(H,27,30)(H,28,33)(H,31,32). The van der Waals surface area contributed by atoms with Crippen LogP contribution >= 0.6 is 11.6 Å². The van der Waals surface area contributed by atoms with E-state index in [0.717, 1.165) is 11.1 Å². The predicted octanol–water partition coefficient (Wildman–Crippen LogP) is 3.55. The average molecular weight is 554 g/mol. The van der Waals surface area contributed by atoms with Gasteiger partial charge in [0.05, 0.1) is 4.90 Å². The van der Waals surface area contributed by atoms with Gasteiger partial charge in [0.1, 0.15) is 17.7 Å². The fourth-order valence-corrected chi connectivity index (χ4v) is 4.53. The molecular formula is C25H32ClN3O7S. The van der Waals surface area contributed by atoms with E-state index in [1.54, 1.807) is 57.2 Å². The van der Waals surface area contributed by atoms with Crippen LogP contribution in [0.15, 0.2) is 53.4 Å². The molecule has 0 aliphatic rings. The number of halogens is 1. The highest BCUT2D eigenvalue weighted by atomic mass is 35.5. The maximum absolute atomic E-state index is 12.8. The summed E-state index contributed by atoms with van der Waals surface area (Å²) in [5.74, 6) is -1.83. The molecule has 0 heterocycles. The Bertz CT molecular complexity index is 1190. The van der Waals surface area contributed by atoms with Crippen molar-refractivity contribution in [1.29, 1.82) is 0 Å². The van der Waals surface area contributed by atoms with Crippen LogP contribution in [0.4, 0.5) is 4.79 Å². The summed E-state index contributed by atoms with van der Waals surface area (Å²) < 4.78 is 32.8. The highest BCUT2D eigenvalue weighted by molar-refractivity contribution is 7.89. The molecular weight excluding hydrogens is 522 g/mol. The fraction of sp³-hybridized carbons (Fsp3) is 0.400. The average Bonchev–Trinajstić information content (AvgIpc) is 2.80. The second-order valence-corrected chi connectivity index (χ2v) is 11.5. The van der Waals surface area contributed by atoms with Crippen LogP contribution in [-0.4, -0.2) is 55.7 Å². The summed E-state index contributed by atoms with van der Waals surface area (Å²) in [6.45, 7) is 6.65. The number of carbonyl (C=O) groups is 3. The second kappa shape index (κ2) is 12.9. The van der Waals surface area contributed by atoms with E-state index in [0.29, 0.717) is 5.02 Å². The first-order valence-electron chi connectivity index (χ1n) is 11.6. The Morgan fingerprint density at radius 1 is 1.00 bits per heavy atom. The van der Waals surface area contributed by atoms with Gasteiger partial charge < -0.3 is 20.5 Å². The molecule has 2 atom stereocenters. The van der Waals surface area contributed by atoms with Crippen LogP contribution in [-0.2, 0) is 24.3 Å². The van der Waals surface area contributed by atoms with Crippen molar-refractivity contribution < 1.29 is 32.6 Å². The molecule has 2 aromatic carbocycles. The van der Waals surface area contributed by atoms with E-state index in [1.807, 2.05) is 0 Å². The third-order valence-electron chi connectivity index (χ3n) is 5.03. The highest BCUT2D eigenvalue weighted by Crippen LogP contribution is 2.23. The lowest BCUT2D eigenvalue weighted by atomic mass is 10.1. The Balaban J connectivity index is 1.89. The Hall–Kier alpha value is -3.15. The lowest BCUT2D eigenvalue weighted by Crippen LogP contribution is -2.47. The van der Waals surface area contributed by atoms with Crippen LogP contribution in [0.5, 0.6) is 0 Å². The number of alkyl carbamates (subject to hydrolysis) is 1. The van der Waals surface area contributed by atoms with Gasteiger partial charge in [-0.3, -0.25) is 9.59 Å². The molecule has 0 aromatic heterocycles. The predicted molar refractivity (Wildman–Crippen MR) is 140 cm³/mol. The summed E-state index contributed by atoms with van der Waals surface area (Å²) in [5, 5.41) is 15.1. The number of benzene rings is 2. The number of aliphatic carboxylic acids is 1. The molecule has 2 aromatic rings. The van der Waals surface area contributed by atoms with Gasteiger partial charge in [-0.05, 0) is 75.9 Å². The highest BCUT2D eigenvalue weighted by Gasteiger charge is 2.26. The van der Waals surface area contributed by atoms with Crippen molar-refractivity contribution in [1.82, 2.24) is 15.4 Å². The van der Waals surface area contributed by atoms with E-state index < -0.39 is 45.7 Å². The second-order valence-electron chi connectivity index (χ2n) is 9.34. The minimum atomic E-state index is -4.11. The third kappa shape index (κ3) is 10.0. The zero-order chi connectivity index (χ0) is 27.8. The molecule has 4 N–H and O–H groups in total. The lowest BCUT2D eigenvalue weighted by Gasteiger charge is -2.21. The minimum Gasteiger partial charge on any atom is -0.480 e. The maximum atomic E-state index is 12.8. The molecule has 10 nitrogen and oxygen atoms in total. The zero-order valence-corrected chi connectivity index (χ0v) is 22.7. The number of ether oxygens (including phenoxy) is 1. The minimum absolute atomic E-state index is 0.0639. The topological polar surface area (TPSA) is 151 Å². The molecule has 0 saturated carbocycles. The molecule has 2 amide bonds. The van der Waals surface area contributed by atoms with Crippen molar-refractivity contribution in [2.45, 2.75) is 63.1 Å². The van der Waals surface area contributed by atoms with Gasteiger partial charge in [-0.1, -0.05) is 35.9 Å². The Labute approximate surface area is 221 Å². The molecule has 12 heteroatoms. The maximum Gasteiger partial charge on any atom is 0.408 e. The number of hydrogen-bond acceptors (Lipinski definition) is 6. The normalized spacial score (nSPS) is 13.3. The van der Waals surface area contributed by atoms with Crippen LogP contribution in [0, 0.1) is 0 Å². The van der Waals surface area contributed by atoms with Gasteiger partial charge in [-0.15, -0.1) is 0 Å². The van der Waals surface area contributed by atoms with Crippen molar-refractivity contribution in [3.8, 4) is 11.1 Å². The third-order valence-corrected chi connectivity index (χ3v) is 6.77. The molecule has 0 saturated heterocycles. The van der Waals surface area contributed by atoms with E-state index in [4.69, 9.17) is 16.3 Å². The van der Waals surface area contributed by atoms with E-state index in [1.165, 1.54) is 19.1 Å². The first kappa shape index (κ1) is 30.1. The largest absolute Gasteiger partial charge is 0.480 e. The van der Waals surface area contributed by atoms with E-state index in [2.05, 4.69) is 15.4 Å². The summed E-state index contributed by atoms with van der Waals surface area (Å²) in [6.07, 6.45) is -0.623. The van der Waals surface area contributed by atoms with Crippen molar-refractivity contribution in [3.63, 3.8) is 0 Å². The van der Waals surface area contributed by atoms with E-state index in [9.17, 15) is 27.9 Å². The quantitative estimate of drug-likeness (QED) is 0.311. The summed E-state index contributed by atoms with van der Waals surface area (Å²) in [7, 11) is -4.11. The Kier molecular flexibility index (Phi) is 10.5. The van der Waals surface area contributed by atoms with Gasteiger partial charge >= 0.3 is 12.1 Å². The monoisotopic (exact) mass is 553 g/mol. The summed E-state index contributed by atoms with van der Waals surface area (Å²) in [4.78, 5) is 35.5. The number of rotatable bonds is 11. The van der Waals surface area contributed by atoms with Crippen LogP contribution in [0.1, 0.15) is 40.5 Å². The first-order chi connectivity index (χ1) is 17.2. The molecule has 0 aliphatic heterocycles. The molecule has 0 spiro atoms. The van der Waals surface area contributed by atoms with Crippen molar-refractivity contribution >= 4 is 39.6 Å². The van der Waals surface area contributed by atoms with Crippen molar-refractivity contribution in [2.75, 3.05) is 6.54 Å². The molecule has 2 rings (SSSR count). The number of carbonyl (C=O) groups excluding carboxylic acids is 2. The molecule has 0 aliphatic carbocycles. The molecule has 2 unspecified atom stereocenters. The summed E-state index contributed by atoms with van der Waals surface area (Å²) >= 11 is 5.89. The molecule has 0 radical (unpaired) electrons. The van der Waals surface area contributed by atoms with Crippen molar-refractivity contribution in [3.05, 3.63) is 53.6 Å². The van der Waals surface area contributed by atoms with Gasteiger partial charge in [0.25, 0.3) is 0 Å². The van der Waals surface area contributed by atoms with Crippen LogP contribution in [0.3, 0.4) is 0 Å². The number of sulfonamides is 1. The zero-order valence-electron chi connectivity index (χ0n) is 21.1. The van der Waals surface area contributed by atoms with E-state index in [-0.39, 0.29) is 24.3 Å². The Morgan fingerprint density at radius 2 is 1.54 bits per heavy atom. The van der Waals surface area contributed by atoms with Crippen LogP contribution in [0.2, 0.25) is 5.02 Å². The van der Waals surface area contributed by atoms with E-state index >= 15 is 0 Å². The number of hydrogen-bond donors (Lipinski definition) is 4. The summed E-state index contributed by atoms with van der Waals surface area (Å²) in [5.41, 5.74) is 0.914. The van der Waals surface area contributed by atoms with Crippen LogP contribution in [0.25, 0.3) is 11.1 Å². The van der Waals surface area contributed by atoms with Gasteiger partial charge in [-0.25, -0.2) is 13.2 Å². The van der Waals surface area contributed by atoms with Crippen LogP contribution < -0.4 is 15.4 Å². The Morgan fingerprint density at radius 3 is 2.05 bits per heavy atom. The molecule has 0 fully saturated rings. The van der Waals surface area contributed by atoms with Gasteiger partial charge in [0, 0.05) is 11.6 Å². The smallest absolute Gasteiger partial charge is 0.408 e.